The first-order valence-corrected chi connectivity index (χ1v) is 11.3. The second-order valence-corrected chi connectivity index (χ2v) is 8.19. The van der Waals surface area contributed by atoms with Crippen molar-refractivity contribution < 1.29 is 19.3 Å². The van der Waals surface area contributed by atoms with Gasteiger partial charge in [-0.3, -0.25) is 4.99 Å². The van der Waals surface area contributed by atoms with Gasteiger partial charge >= 0.3 is 0 Å². The average molecular weight is 453 g/mol. The number of pyridine rings is 1. The average Bonchev–Trinajstić information content (AvgIpc) is 3.21. The maximum absolute atomic E-state index is 9.24. The Hall–Kier alpha value is -3.26. The molecule has 0 fully saturated rings. The van der Waals surface area contributed by atoms with E-state index in [0.29, 0.717) is 29.4 Å². The normalized spacial score (nSPS) is 11.7. The molecule has 4 aromatic rings. The second-order valence-electron chi connectivity index (χ2n) is 7.13. The fraction of sp³-hybridized carbons (Fsp3) is 0.227. The van der Waals surface area contributed by atoms with Crippen LogP contribution in [-0.4, -0.2) is 51.9 Å². The van der Waals surface area contributed by atoms with Gasteiger partial charge in [0.2, 0.25) is 0 Å². The van der Waals surface area contributed by atoms with Gasteiger partial charge in [0.25, 0.3) is 0 Å². The predicted octanol–water partition coefficient (Wildman–Crippen LogP) is 3.52. The van der Waals surface area contributed by atoms with Crippen molar-refractivity contribution in [3.63, 3.8) is 0 Å². The summed E-state index contributed by atoms with van der Waals surface area (Å²) >= 11 is 0. The number of imidazole rings is 1. The van der Waals surface area contributed by atoms with Gasteiger partial charge in [-0.25, -0.2) is 9.97 Å². The van der Waals surface area contributed by atoms with Crippen LogP contribution in [0, 0.1) is 0 Å². The molecule has 3 N–H and O–H groups in total. The quantitative estimate of drug-likeness (QED) is 0.212. The third-order valence-electron chi connectivity index (χ3n) is 5.08. The summed E-state index contributed by atoms with van der Waals surface area (Å²) in [5.74, 6) is 1.80. The number of nitrogens with one attached hydrogen (secondary N) is 1. The third-order valence-corrected chi connectivity index (χ3v) is 5.73. The van der Waals surface area contributed by atoms with Gasteiger partial charge in [0.1, 0.15) is 5.52 Å². The summed E-state index contributed by atoms with van der Waals surface area (Å²) in [6, 6.07) is 11.5. The molecule has 166 valence electrons. The Bertz CT molecular complexity index is 1270. The van der Waals surface area contributed by atoms with E-state index in [2.05, 4.69) is 19.9 Å². The standard InChI is InChI=1S/C22H24N5O4P/c1-23-12-24-22-20-21(16-8-18(30-2)19(31-3)9-17(16)26-22)27(13-25-20)10-14-4-6-15(7-5-14)11-32(28)29/h4-9,12-13,28-29H,10-11H2,1-3H3,(H,23,24,26). The van der Waals surface area contributed by atoms with E-state index in [9.17, 15) is 9.79 Å². The van der Waals surface area contributed by atoms with Gasteiger partial charge in [-0.05, 0) is 17.2 Å². The summed E-state index contributed by atoms with van der Waals surface area (Å²) in [6.45, 7) is 0.582. The van der Waals surface area contributed by atoms with Gasteiger partial charge in [-0.2, -0.15) is 0 Å². The zero-order chi connectivity index (χ0) is 22.7. The van der Waals surface area contributed by atoms with Crippen molar-refractivity contribution in [2.24, 2.45) is 4.99 Å². The maximum atomic E-state index is 9.24. The molecule has 0 amide bonds. The minimum atomic E-state index is -1.95. The van der Waals surface area contributed by atoms with Crippen LogP contribution < -0.4 is 14.8 Å². The number of methoxy groups -OCH3 is 2. The first-order chi connectivity index (χ1) is 15.5. The van der Waals surface area contributed by atoms with E-state index in [-0.39, 0.29) is 6.16 Å². The van der Waals surface area contributed by atoms with E-state index in [1.807, 2.05) is 36.4 Å². The lowest BCUT2D eigenvalue weighted by molar-refractivity contribution is 0.356. The molecule has 0 radical (unpaired) electrons. The summed E-state index contributed by atoms with van der Waals surface area (Å²) < 4.78 is 13.0. The number of aromatic nitrogens is 3. The fourth-order valence-electron chi connectivity index (χ4n) is 3.62. The molecule has 2 aromatic heterocycles. The zero-order valence-electron chi connectivity index (χ0n) is 18.0. The number of anilines is 1. The van der Waals surface area contributed by atoms with Gasteiger partial charge in [-0.15, -0.1) is 0 Å². The van der Waals surface area contributed by atoms with Crippen LogP contribution in [0.15, 0.2) is 47.7 Å². The first-order valence-electron chi connectivity index (χ1n) is 9.85. The molecule has 2 aromatic carbocycles. The first kappa shape index (κ1) is 22.0. The highest BCUT2D eigenvalue weighted by Gasteiger charge is 2.17. The van der Waals surface area contributed by atoms with Crippen LogP contribution in [0.25, 0.3) is 21.9 Å². The molecule has 0 bridgehead atoms. The van der Waals surface area contributed by atoms with Crippen molar-refractivity contribution in [1.29, 1.82) is 0 Å². The van der Waals surface area contributed by atoms with Crippen LogP contribution in [0.1, 0.15) is 11.1 Å². The number of nitrogens with zero attached hydrogens (tertiary/aromatic N) is 4. The smallest absolute Gasteiger partial charge is 0.169 e. The molecule has 4 rings (SSSR count). The molecule has 0 saturated carbocycles. The van der Waals surface area contributed by atoms with E-state index >= 15 is 0 Å². The molecular formula is C22H24N5O4P. The molecule has 2 heterocycles. The van der Waals surface area contributed by atoms with E-state index < -0.39 is 8.38 Å². The summed E-state index contributed by atoms with van der Waals surface area (Å²) in [4.78, 5) is 31.8. The lowest BCUT2D eigenvalue weighted by Crippen LogP contribution is -2.03. The molecular weight excluding hydrogens is 429 g/mol. The highest BCUT2D eigenvalue weighted by molar-refractivity contribution is 7.44. The molecule has 0 aliphatic heterocycles. The monoisotopic (exact) mass is 453 g/mol. The lowest BCUT2D eigenvalue weighted by atomic mass is 10.1. The number of hydrogen-bond acceptors (Lipinski definition) is 7. The molecule has 0 spiro atoms. The lowest BCUT2D eigenvalue weighted by Gasteiger charge is -2.13. The highest BCUT2D eigenvalue weighted by Crippen LogP contribution is 2.37. The van der Waals surface area contributed by atoms with Crippen LogP contribution >= 0.6 is 8.38 Å². The van der Waals surface area contributed by atoms with Crippen molar-refractivity contribution in [2.45, 2.75) is 12.7 Å². The minimum Gasteiger partial charge on any atom is -0.493 e. The van der Waals surface area contributed by atoms with Crippen LogP contribution in [-0.2, 0) is 12.7 Å². The van der Waals surface area contributed by atoms with Crippen molar-refractivity contribution >= 4 is 42.5 Å². The number of rotatable bonds is 8. The Balaban J connectivity index is 1.84. The molecule has 10 heteroatoms. The fourth-order valence-corrected chi connectivity index (χ4v) is 4.16. The van der Waals surface area contributed by atoms with Crippen molar-refractivity contribution in [3.8, 4) is 11.5 Å². The SMILES string of the molecule is CN=CNc1nc2cc(OC)c(OC)cc2c2c1ncn2Cc1ccc(CP(O)O)cc1. The number of aliphatic imine (C=N–C) groups is 1. The van der Waals surface area contributed by atoms with Gasteiger partial charge in [0.15, 0.2) is 25.7 Å². The van der Waals surface area contributed by atoms with Crippen molar-refractivity contribution in [1.82, 2.24) is 14.5 Å². The van der Waals surface area contributed by atoms with E-state index in [4.69, 9.17) is 14.5 Å². The molecule has 0 unspecified atom stereocenters. The molecule has 9 nitrogen and oxygen atoms in total. The highest BCUT2D eigenvalue weighted by atomic mass is 31.2. The Labute approximate surface area is 186 Å². The minimum absolute atomic E-state index is 0.259. The Morgan fingerprint density at radius 2 is 1.78 bits per heavy atom. The van der Waals surface area contributed by atoms with E-state index in [1.165, 1.54) is 0 Å². The van der Waals surface area contributed by atoms with Crippen LogP contribution in [0.5, 0.6) is 11.5 Å². The van der Waals surface area contributed by atoms with Gasteiger partial charge < -0.3 is 29.1 Å². The Morgan fingerprint density at radius 1 is 1.09 bits per heavy atom. The van der Waals surface area contributed by atoms with Crippen molar-refractivity contribution in [3.05, 3.63) is 53.9 Å². The summed E-state index contributed by atoms with van der Waals surface area (Å²) in [7, 11) is 2.92. The van der Waals surface area contributed by atoms with E-state index in [0.717, 1.165) is 27.5 Å². The number of benzene rings is 2. The van der Waals surface area contributed by atoms with Gasteiger partial charge in [0, 0.05) is 31.2 Å². The largest absolute Gasteiger partial charge is 0.493 e. The summed E-state index contributed by atoms with van der Waals surface area (Å²) in [5.41, 5.74) is 4.30. The number of hydrogen-bond donors (Lipinski definition) is 3. The summed E-state index contributed by atoms with van der Waals surface area (Å²) in [5, 5.41) is 3.99. The topological polar surface area (TPSA) is 114 Å². The van der Waals surface area contributed by atoms with Crippen molar-refractivity contribution in [2.75, 3.05) is 26.6 Å². The zero-order valence-corrected chi connectivity index (χ0v) is 18.9. The Kier molecular flexibility index (Phi) is 6.50. The molecule has 0 aliphatic rings. The molecule has 0 saturated heterocycles. The number of fused-ring (bicyclic) bond motifs is 3. The van der Waals surface area contributed by atoms with E-state index in [1.54, 1.807) is 33.9 Å². The molecule has 0 aliphatic carbocycles. The van der Waals surface area contributed by atoms with Crippen LogP contribution in [0.3, 0.4) is 0 Å². The summed E-state index contributed by atoms with van der Waals surface area (Å²) in [6.07, 6.45) is 3.62. The molecule has 32 heavy (non-hydrogen) atoms. The Morgan fingerprint density at radius 3 is 2.44 bits per heavy atom. The number of ether oxygens (including phenoxy) is 2. The van der Waals surface area contributed by atoms with Gasteiger partial charge in [-0.1, -0.05) is 24.3 Å². The van der Waals surface area contributed by atoms with Crippen LogP contribution in [0.2, 0.25) is 0 Å². The third kappa shape index (κ3) is 4.36. The van der Waals surface area contributed by atoms with Gasteiger partial charge in [0.05, 0.1) is 37.9 Å². The second kappa shape index (κ2) is 9.48. The molecule has 0 atom stereocenters. The maximum Gasteiger partial charge on any atom is 0.169 e. The van der Waals surface area contributed by atoms with Crippen LogP contribution in [0.4, 0.5) is 5.82 Å². The predicted molar refractivity (Wildman–Crippen MR) is 127 cm³/mol.